The molecule has 21 heavy (non-hydrogen) atoms. The summed E-state index contributed by atoms with van der Waals surface area (Å²) in [4.78, 5) is 27.2. The molecule has 0 spiro atoms. The van der Waals surface area contributed by atoms with Gasteiger partial charge in [0.15, 0.2) is 6.10 Å². The molecule has 1 saturated heterocycles. The van der Waals surface area contributed by atoms with Gasteiger partial charge in [0.05, 0.1) is 13.2 Å². The van der Waals surface area contributed by atoms with Crippen molar-refractivity contribution in [1.29, 1.82) is 0 Å². The number of nitrogens with zero attached hydrogens (tertiary/aromatic N) is 1. The molecule has 6 heteroatoms. The number of carboxylic acids is 1. The van der Waals surface area contributed by atoms with Gasteiger partial charge in [-0.2, -0.15) is 0 Å². The van der Waals surface area contributed by atoms with E-state index in [2.05, 4.69) is 19.9 Å². The zero-order valence-corrected chi connectivity index (χ0v) is 13.2. The Balaban J connectivity index is 1.79. The van der Waals surface area contributed by atoms with Crippen LogP contribution in [0.1, 0.15) is 28.2 Å². The highest BCUT2D eigenvalue weighted by Crippen LogP contribution is 2.22. The van der Waals surface area contributed by atoms with Crippen molar-refractivity contribution in [3.05, 3.63) is 21.4 Å². The maximum atomic E-state index is 12.1. The van der Waals surface area contributed by atoms with Crippen LogP contribution in [0.25, 0.3) is 0 Å². The van der Waals surface area contributed by atoms with Gasteiger partial charge in [0.2, 0.25) is 5.91 Å². The normalized spacial score (nSPS) is 18.8. The van der Waals surface area contributed by atoms with Gasteiger partial charge in [-0.05, 0) is 38.3 Å². The number of morpholine rings is 1. The van der Waals surface area contributed by atoms with Gasteiger partial charge in [-0.25, -0.2) is 4.79 Å². The second-order valence-electron chi connectivity index (χ2n) is 5.33. The Hall–Kier alpha value is -1.40. The predicted molar refractivity (Wildman–Crippen MR) is 80.7 cm³/mol. The molecule has 1 atom stereocenters. The fourth-order valence-electron chi connectivity index (χ4n) is 2.55. The molecule has 1 fully saturated rings. The number of rotatable bonds is 5. The first kappa shape index (κ1) is 16.0. The van der Waals surface area contributed by atoms with Crippen LogP contribution in [0.5, 0.6) is 0 Å². The summed E-state index contributed by atoms with van der Waals surface area (Å²) in [5.41, 5.74) is 1.32. The molecule has 1 aromatic heterocycles. The second-order valence-corrected chi connectivity index (χ2v) is 6.79. The van der Waals surface area contributed by atoms with E-state index in [1.54, 1.807) is 16.2 Å². The molecular weight excluding hydrogens is 290 g/mol. The summed E-state index contributed by atoms with van der Waals surface area (Å²) < 4.78 is 5.12. The largest absolute Gasteiger partial charge is 0.479 e. The molecule has 0 bridgehead atoms. The van der Waals surface area contributed by atoms with Crippen molar-refractivity contribution in [2.75, 3.05) is 19.7 Å². The lowest BCUT2D eigenvalue weighted by Crippen LogP contribution is -2.48. The van der Waals surface area contributed by atoms with Crippen LogP contribution in [0.4, 0.5) is 0 Å². The molecule has 1 aliphatic rings. The van der Waals surface area contributed by atoms with Crippen molar-refractivity contribution in [3.8, 4) is 0 Å². The fraction of sp³-hybridized carbons (Fsp3) is 0.600. The van der Waals surface area contributed by atoms with Crippen molar-refractivity contribution >= 4 is 23.2 Å². The Kier molecular flexibility index (Phi) is 5.36. The SMILES string of the molecule is Cc1cc(CCCC(=O)N2CCOC(C(=O)O)C2)c(C)s1. The number of hydrogen-bond acceptors (Lipinski definition) is 4. The quantitative estimate of drug-likeness (QED) is 0.903. The van der Waals surface area contributed by atoms with Crippen molar-refractivity contribution in [3.63, 3.8) is 0 Å². The van der Waals surface area contributed by atoms with Crippen LogP contribution in [-0.4, -0.2) is 47.7 Å². The highest BCUT2D eigenvalue weighted by molar-refractivity contribution is 7.12. The Morgan fingerprint density at radius 2 is 2.24 bits per heavy atom. The predicted octanol–water partition coefficient (Wildman–Crippen LogP) is 2.00. The summed E-state index contributed by atoms with van der Waals surface area (Å²) in [6.45, 7) is 5.13. The minimum Gasteiger partial charge on any atom is -0.479 e. The van der Waals surface area contributed by atoms with E-state index in [1.807, 2.05) is 0 Å². The van der Waals surface area contributed by atoms with Gasteiger partial charge >= 0.3 is 5.97 Å². The third kappa shape index (κ3) is 4.28. The molecular formula is C15H21NO4S. The molecule has 1 amide bonds. The van der Waals surface area contributed by atoms with Gasteiger partial charge in [0.25, 0.3) is 0 Å². The first-order chi connectivity index (χ1) is 9.97. The Bertz CT molecular complexity index is 526. The lowest BCUT2D eigenvalue weighted by atomic mass is 10.1. The number of carboxylic acid groups (broad SMARTS) is 1. The maximum Gasteiger partial charge on any atom is 0.334 e. The van der Waals surface area contributed by atoms with Crippen LogP contribution in [0.3, 0.4) is 0 Å². The van der Waals surface area contributed by atoms with Gasteiger partial charge < -0.3 is 14.7 Å². The summed E-state index contributed by atoms with van der Waals surface area (Å²) in [7, 11) is 0. The van der Waals surface area contributed by atoms with Crippen molar-refractivity contribution in [2.45, 2.75) is 39.2 Å². The van der Waals surface area contributed by atoms with Crippen LogP contribution in [-0.2, 0) is 20.7 Å². The summed E-state index contributed by atoms with van der Waals surface area (Å²) >= 11 is 1.78. The molecule has 0 radical (unpaired) electrons. The highest BCUT2D eigenvalue weighted by atomic mass is 32.1. The Morgan fingerprint density at radius 1 is 1.48 bits per heavy atom. The minimum atomic E-state index is -1.00. The van der Waals surface area contributed by atoms with Crippen LogP contribution >= 0.6 is 11.3 Å². The summed E-state index contributed by atoms with van der Waals surface area (Å²) in [6, 6.07) is 2.18. The van der Waals surface area contributed by atoms with Crippen LogP contribution in [0.15, 0.2) is 6.07 Å². The molecule has 2 heterocycles. The van der Waals surface area contributed by atoms with Gasteiger partial charge in [-0.3, -0.25) is 4.79 Å². The molecule has 1 aliphatic heterocycles. The summed E-state index contributed by atoms with van der Waals surface area (Å²) in [5.74, 6) is -0.981. The standard InChI is InChI=1S/C15H21NO4S/c1-10-8-12(11(2)21-10)4-3-5-14(17)16-6-7-20-13(9-16)15(18)19/h8,13H,3-7,9H2,1-2H3,(H,18,19). The van der Waals surface area contributed by atoms with Crippen molar-refractivity contribution in [2.24, 2.45) is 0 Å². The van der Waals surface area contributed by atoms with E-state index in [1.165, 1.54) is 15.3 Å². The molecule has 0 aromatic carbocycles. The van der Waals surface area contributed by atoms with E-state index in [0.29, 0.717) is 19.6 Å². The third-order valence-electron chi connectivity index (χ3n) is 3.68. The zero-order chi connectivity index (χ0) is 15.4. The minimum absolute atomic E-state index is 0.0224. The third-order valence-corrected chi connectivity index (χ3v) is 4.68. The fourth-order valence-corrected chi connectivity index (χ4v) is 3.52. The molecule has 0 aliphatic carbocycles. The highest BCUT2D eigenvalue weighted by Gasteiger charge is 2.28. The van der Waals surface area contributed by atoms with E-state index in [4.69, 9.17) is 9.84 Å². The molecule has 0 saturated carbocycles. The number of carbonyl (C=O) groups excluding carboxylic acids is 1. The van der Waals surface area contributed by atoms with E-state index in [0.717, 1.165) is 12.8 Å². The van der Waals surface area contributed by atoms with Crippen LogP contribution < -0.4 is 0 Å². The number of thiophene rings is 1. The first-order valence-electron chi connectivity index (χ1n) is 7.15. The van der Waals surface area contributed by atoms with Crippen LogP contribution in [0.2, 0.25) is 0 Å². The smallest absolute Gasteiger partial charge is 0.334 e. The average molecular weight is 311 g/mol. The monoisotopic (exact) mass is 311 g/mol. The topological polar surface area (TPSA) is 66.8 Å². The number of ether oxygens (including phenoxy) is 1. The Labute approximate surface area is 128 Å². The van der Waals surface area contributed by atoms with E-state index in [-0.39, 0.29) is 12.5 Å². The average Bonchev–Trinajstić information content (AvgIpc) is 2.77. The van der Waals surface area contributed by atoms with E-state index < -0.39 is 12.1 Å². The number of amides is 1. The number of aryl methyl sites for hydroxylation is 3. The van der Waals surface area contributed by atoms with Gasteiger partial charge in [0.1, 0.15) is 0 Å². The molecule has 1 aromatic rings. The zero-order valence-electron chi connectivity index (χ0n) is 12.4. The van der Waals surface area contributed by atoms with Gasteiger partial charge in [0, 0.05) is 22.7 Å². The van der Waals surface area contributed by atoms with Gasteiger partial charge in [-0.1, -0.05) is 0 Å². The molecule has 1 unspecified atom stereocenters. The number of carbonyl (C=O) groups is 2. The lowest BCUT2D eigenvalue weighted by Gasteiger charge is -2.30. The molecule has 116 valence electrons. The van der Waals surface area contributed by atoms with Gasteiger partial charge in [-0.15, -0.1) is 11.3 Å². The number of aliphatic carboxylic acids is 1. The summed E-state index contributed by atoms with van der Waals surface area (Å²) in [6.07, 6.45) is 1.27. The lowest BCUT2D eigenvalue weighted by molar-refractivity contribution is -0.159. The van der Waals surface area contributed by atoms with Crippen molar-refractivity contribution in [1.82, 2.24) is 4.90 Å². The maximum absolute atomic E-state index is 12.1. The second kappa shape index (κ2) is 7.04. The van der Waals surface area contributed by atoms with E-state index in [9.17, 15) is 9.59 Å². The Morgan fingerprint density at radius 3 is 2.86 bits per heavy atom. The molecule has 1 N–H and O–H groups in total. The molecule has 2 rings (SSSR count). The summed E-state index contributed by atoms with van der Waals surface area (Å²) in [5, 5.41) is 8.93. The van der Waals surface area contributed by atoms with E-state index >= 15 is 0 Å². The van der Waals surface area contributed by atoms with Crippen molar-refractivity contribution < 1.29 is 19.4 Å². The van der Waals surface area contributed by atoms with Crippen LogP contribution in [0, 0.1) is 13.8 Å². The molecule has 5 nitrogen and oxygen atoms in total. The number of hydrogen-bond donors (Lipinski definition) is 1. The first-order valence-corrected chi connectivity index (χ1v) is 7.97.